The lowest BCUT2D eigenvalue weighted by Gasteiger charge is -2.38. The van der Waals surface area contributed by atoms with Gasteiger partial charge in [0, 0.05) is 16.8 Å². The maximum Gasteiger partial charge on any atom is 0.189 e. The van der Waals surface area contributed by atoms with Crippen LogP contribution >= 0.6 is 0 Å². The predicted octanol–water partition coefficient (Wildman–Crippen LogP) is 10.6. The maximum atomic E-state index is 6.85. The molecule has 1 spiro atoms. The molecule has 0 N–H and O–H groups in total. The van der Waals surface area contributed by atoms with Crippen LogP contribution in [0.3, 0.4) is 0 Å². The fourth-order valence-electron chi connectivity index (χ4n) is 9.06. The molecule has 9 aromatic carbocycles. The highest BCUT2D eigenvalue weighted by atomic mass is 28.3. The van der Waals surface area contributed by atoms with Crippen LogP contribution in [0.2, 0.25) is 0 Å². The van der Waals surface area contributed by atoms with Gasteiger partial charge in [0.25, 0.3) is 0 Å². The quantitative estimate of drug-likeness (QED) is 0.135. The van der Waals surface area contributed by atoms with Crippen molar-refractivity contribution in [3.05, 3.63) is 200 Å². The van der Waals surface area contributed by atoms with E-state index in [4.69, 9.17) is 4.74 Å². The molecule has 2 aliphatic rings. The van der Waals surface area contributed by atoms with Crippen molar-refractivity contribution in [3.63, 3.8) is 0 Å². The summed E-state index contributed by atoms with van der Waals surface area (Å²) in [6, 6.07) is 73.3. The minimum atomic E-state index is -2.78. The van der Waals surface area contributed by atoms with Gasteiger partial charge in [-0.1, -0.05) is 158 Å². The Labute approximate surface area is 309 Å². The van der Waals surface area contributed by atoms with Crippen molar-refractivity contribution >= 4 is 67.4 Å². The van der Waals surface area contributed by atoms with Crippen molar-refractivity contribution in [2.45, 2.75) is 0 Å². The number of hydrogen-bond acceptors (Lipinski definition) is 2. The molecule has 0 saturated carbocycles. The molecule has 0 unspecified atom stereocenters. The van der Waals surface area contributed by atoms with Gasteiger partial charge in [0.2, 0.25) is 0 Å². The Morgan fingerprint density at radius 2 is 0.906 bits per heavy atom. The van der Waals surface area contributed by atoms with Crippen LogP contribution in [0.25, 0.3) is 43.8 Å². The normalized spacial score (nSPS) is 13.2. The smallest absolute Gasteiger partial charge is 0.189 e. The third-order valence-corrected chi connectivity index (χ3v) is 16.2. The molecule has 53 heavy (non-hydrogen) atoms. The Balaban J connectivity index is 1.20. The van der Waals surface area contributed by atoms with Crippen LogP contribution in [-0.4, -0.2) is 8.07 Å². The number of para-hydroxylation sites is 1. The van der Waals surface area contributed by atoms with Crippen molar-refractivity contribution in [1.29, 1.82) is 0 Å². The predicted molar refractivity (Wildman–Crippen MR) is 224 cm³/mol. The average Bonchev–Trinajstić information content (AvgIpc) is 3.52. The van der Waals surface area contributed by atoms with Crippen molar-refractivity contribution in [2.24, 2.45) is 0 Å². The van der Waals surface area contributed by atoms with E-state index < -0.39 is 8.07 Å². The summed E-state index contributed by atoms with van der Waals surface area (Å²) in [7, 11) is -2.78. The number of fused-ring (bicyclic) bond motifs is 12. The molecule has 11 rings (SSSR count). The summed E-state index contributed by atoms with van der Waals surface area (Å²) in [6.07, 6.45) is 0. The largest absolute Gasteiger partial charge is 0.458 e. The van der Waals surface area contributed by atoms with E-state index in [1.54, 1.807) is 0 Å². The molecule has 9 aromatic rings. The van der Waals surface area contributed by atoms with E-state index in [0.29, 0.717) is 0 Å². The zero-order valence-electron chi connectivity index (χ0n) is 28.9. The van der Waals surface area contributed by atoms with Gasteiger partial charge in [-0.25, -0.2) is 0 Å². The Kier molecular flexibility index (Phi) is 6.61. The SMILES string of the molecule is c1ccc(-c2ccc(N(c3ccc4c(c3)[Si]3(c5ccccc5O4)c4ccccc4-c4ccccc43)c3cc4ccccc4c4ccccc34)cc2)cc1. The third-order valence-electron chi connectivity index (χ3n) is 11.3. The Morgan fingerprint density at radius 1 is 0.358 bits per heavy atom. The third kappa shape index (κ3) is 4.38. The molecule has 0 saturated heterocycles. The lowest BCUT2D eigenvalue weighted by molar-refractivity contribution is 0.487. The first-order valence-electron chi connectivity index (χ1n) is 18.3. The molecule has 2 aliphatic heterocycles. The second kappa shape index (κ2) is 11.7. The van der Waals surface area contributed by atoms with E-state index in [2.05, 4.69) is 205 Å². The topological polar surface area (TPSA) is 12.5 Å². The minimum Gasteiger partial charge on any atom is -0.458 e. The summed E-state index contributed by atoms with van der Waals surface area (Å²) in [6.45, 7) is 0. The lowest BCUT2D eigenvalue weighted by atomic mass is 9.98. The highest BCUT2D eigenvalue weighted by molar-refractivity contribution is 7.23. The first-order valence-corrected chi connectivity index (χ1v) is 20.3. The van der Waals surface area contributed by atoms with E-state index in [0.717, 1.165) is 28.6 Å². The average molecular weight is 692 g/mol. The van der Waals surface area contributed by atoms with E-state index in [9.17, 15) is 0 Å². The van der Waals surface area contributed by atoms with Gasteiger partial charge >= 0.3 is 0 Å². The van der Waals surface area contributed by atoms with Crippen LogP contribution in [0.4, 0.5) is 17.1 Å². The van der Waals surface area contributed by atoms with Crippen LogP contribution in [0.5, 0.6) is 11.5 Å². The van der Waals surface area contributed by atoms with Gasteiger partial charge in [0.15, 0.2) is 8.07 Å². The second-order valence-electron chi connectivity index (χ2n) is 14.0. The van der Waals surface area contributed by atoms with Crippen molar-refractivity contribution in [1.82, 2.24) is 0 Å². The molecule has 0 aliphatic carbocycles. The number of rotatable bonds is 4. The van der Waals surface area contributed by atoms with Crippen LogP contribution in [0, 0.1) is 0 Å². The van der Waals surface area contributed by atoms with Crippen LogP contribution < -0.4 is 30.4 Å². The van der Waals surface area contributed by atoms with Gasteiger partial charge < -0.3 is 9.64 Å². The molecule has 0 radical (unpaired) electrons. The highest BCUT2D eigenvalue weighted by Crippen LogP contribution is 2.44. The maximum absolute atomic E-state index is 6.85. The zero-order chi connectivity index (χ0) is 34.9. The summed E-state index contributed by atoms with van der Waals surface area (Å²) < 4.78 is 6.85. The zero-order valence-corrected chi connectivity index (χ0v) is 29.9. The van der Waals surface area contributed by atoms with E-state index in [-0.39, 0.29) is 0 Å². The summed E-state index contributed by atoms with van der Waals surface area (Å²) in [4.78, 5) is 2.46. The van der Waals surface area contributed by atoms with E-state index in [1.165, 1.54) is 64.5 Å². The molecule has 248 valence electrons. The molecule has 2 heterocycles. The first-order chi connectivity index (χ1) is 26.3. The number of anilines is 3. The highest BCUT2D eigenvalue weighted by Gasteiger charge is 2.53. The summed E-state index contributed by atoms with van der Waals surface area (Å²) >= 11 is 0. The molecular formula is C50H33NOSi. The number of benzene rings is 9. The number of hydrogen-bond donors (Lipinski definition) is 0. The van der Waals surface area contributed by atoms with E-state index >= 15 is 0 Å². The van der Waals surface area contributed by atoms with Crippen LogP contribution in [0.15, 0.2) is 200 Å². The van der Waals surface area contributed by atoms with Crippen LogP contribution in [-0.2, 0) is 0 Å². The van der Waals surface area contributed by atoms with Crippen molar-refractivity contribution < 1.29 is 4.74 Å². The molecule has 0 fully saturated rings. The fourth-order valence-corrected chi connectivity index (χ4v) is 14.5. The Bertz CT molecular complexity index is 2830. The summed E-state index contributed by atoms with van der Waals surface area (Å²) in [5.41, 5.74) is 8.41. The van der Waals surface area contributed by atoms with Gasteiger partial charge in [-0.3, -0.25) is 0 Å². The van der Waals surface area contributed by atoms with Gasteiger partial charge in [0.1, 0.15) is 11.5 Å². The first kappa shape index (κ1) is 30.0. The minimum absolute atomic E-state index is 0.938. The second-order valence-corrected chi connectivity index (χ2v) is 17.7. The van der Waals surface area contributed by atoms with Crippen molar-refractivity contribution in [2.75, 3.05) is 4.90 Å². The molecule has 2 nitrogen and oxygen atoms in total. The summed E-state index contributed by atoms with van der Waals surface area (Å²) in [5.74, 6) is 1.90. The molecule has 0 bridgehead atoms. The molecule has 0 amide bonds. The molecule has 0 atom stereocenters. The molecule has 3 heteroatoms. The van der Waals surface area contributed by atoms with Gasteiger partial charge in [-0.05, 0) is 102 Å². The van der Waals surface area contributed by atoms with Gasteiger partial charge in [-0.15, -0.1) is 0 Å². The molecule has 0 aromatic heterocycles. The fraction of sp³-hybridized carbons (Fsp3) is 0. The van der Waals surface area contributed by atoms with Crippen molar-refractivity contribution in [3.8, 4) is 33.8 Å². The van der Waals surface area contributed by atoms with Gasteiger partial charge in [-0.2, -0.15) is 0 Å². The number of nitrogens with zero attached hydrogens (tertiary/aromatic N) is 1. The number of ether oxygens (including phenoxy) is 1. The molecular weight excluding hydrogens is 659 g/mol. The van der Waals surface area contributed by atoms with Gasteiger partial charge in [0.05, 0.1) is 5.69 Å². The standard InChI is InChI=1S/C50H33NOSi/c1-2-14-34(15-3-1)35-26-28-37(29-27-35)51(44-32-36-16-4-5-17-39(36)40-18-6-7-19-41(40)44)38-30-31-46-50(33-38)53(49-25-13-10-22-45(49)52-46)47-23-11-8-20-42(47)43-21-9-12-24-48(43)53/h1-33H. The van der Waals surface area contributed by atoms with E-state index in [1.807, 2.05) is 0 Å². The Hall–Kier alpha value is -6.68. The monoisotopic (exact) mass is 691 g/mol. The lowest BCUT2D eigenvalue weighted by Crippen LogP contribution is -2.74. The Morgan fingerprint density at radius 3 is 1.66 bits per heavy atom. The van der Waals surface area contributed by atoms with Crippen LogP contribution in [0.1, 0.15) is 0 Å². The summed E-state index contributed by atoms with van der Waals surface area (Å²) in [5, 5.41) is 10.3.